The fourth-order valence-corrected chi connectivity index (χ4v) is 8.19. The predicted molar refractivity (Wildman–Crippen MR) is 173 cm³/mol. The van der Waals surface area contributed by atoms with Crippen LogP contribution < -0.4 is 16.5 Å². The minimum absolute atomic E-state index is 0.00846. The number of thiophene rings is 1. The lowest BCUT2D eigenvalue weighted by Gasteiger charge is -2.64. The lowest BCUT2D eigenvalue weighted by molar-refractivity contribution is -0.525. The maximum Gasteiger partial charge on any atom is 0.481 e. The first-order valence-corrected chi connectivity index (χ1v) is 17.0. The van der Waals surface area contributed by atoms with Crippen LogP contribution >= 0.6 is 11.3 Å². The van der Waals surface area contributed by atoms with Gasteiger partial charge in [0.1, 0.15) is 5.78 Å². The fourth-order valence-electron chi connectivity index (χ4n) is 7.49. The van der Waals surface area contributed by atoms with Crippen molar-refractivity contribution in [2.24, 2.45) is 39.8 Å². The number of aliphatic imine (C=N–C) groups is 1. The lowest BCUT2D eigenvalue weighted by Crippen LogP contribution is -2.65. The van der Waals surface area contributed by atoms with Crippen LogP contribution in [0.3, 0.4) is 0 Å². The molecule has 6 atom stereocenters. The van der Waals surface area contributed by atoms with Crippen LogP contribution in [0.25, 0.3) is 0 Å². The Labute approximate surface area is 269 Å². The van der Waals surface area contributed by atoms with E-state index in [2.05, 4.69) is 44.9 Å². The Bertz CT molecular complexity index is 1260. The van der Waals surface area contributed by atoms with Gasteiger partial charge in [0.2, 0.25) is 5.91 Å². The van der Waals surface area contributed by atoms with E-state index in [9.17, 15) is 24.5 Å². The van der Waals surface area contributed by atoms with Gasteiger partial charge in [-0.05, 0) is 80.1 Å². The molecule has 1 aromatic heterocycles. The van der Waals surface area contributed by atoms with Crippen LogP contribution in [0.4, 0.5) is 0 Å². The third-order valence-electron chi connectivity index (χ3n) is 10.0. The zero-order valence-corrected chi connectivity index (χ0v) is 27.9. The molecule has 14 heteroatoms. The molecule has 12 nitrogen and oxygen atoms in total. The van der Waals surface area contributed by atoms with Gasteiger partial charge in [0.05, 0.1) is 22.5 Å². The van der Waals surface area contributed by atoms with Gasteiger partial charge in [0.25, 0.3) is 5.96 Å². The number of nitro groups is 1. The SMILES string of the molecule is CC(C)C[C@H](NC(=O)[C@H](CCCN=C(N)N[N+](=O)[O-])CC(=O)CCCC(=O)c1cccs1)B1O[C@@H]2C[C@H]3C[C@H](C3(C)C)[C@]2(C)O1. The number of guanidine groups is 1. The third kappa shape index (κ3) is 8.50. The molecule has 248 valence electrons. The zero-order chi connectivity index (χ0) is 32.9. The van der Waals surface area contributed by atoms with Gasteiger partial charge in [0, 0.05) is 31.7 Å². The molecule has 0 spiro atoms. The first-order chi connectivity index (χ1) is 21.2. The highest BCUT2D eigenvalue weighted by Gasteiger charge is 2.68. The first kappa shape index (κ1) is 35.0. The molecule has 1 aliphatic heterocycles. The molecular formula is C31H48BN5O7S. The van der Waals surface area contributed by atoms with Gasteiger partial charge < -0.3 is 20.4 Å². The molecule has 4 fully saturated rings. The molecule has 4 aliphatic rings. The van der Waals surface area contributed by atoms with Crippen molar-refractivity contribution in [3.8, 4) is 0 Å². The van der Waals surface area contributed by atoms with Gasteiger partial charge in [0.15, 0.2) is 10.8 Å². The maximum absolute atomic E-state index is 13.8. The standard InChI is InChI=1S/C31H48BN5O7S/c1-19(2)15-27(32-43-26-18-21-17-25(30(21,3)4)31(26,5)44-32)35-28(40)20(9-7-13-34-29(33)36-37(41)42)16-22(38)10-6-11-23(39)24-12-8-14-45-24/h8,12,14,19-21,25-27H,6-7,9-11,13,15-18H2,1-5H3,(H,35,40)(H3,33,34,36)/t20-,21-,25-,26-,27+,31+/m1/s1. The number of carbonyl (C=O) groups excluding carboxylic acids is 3. The molecule has 2 bridgehead atoms. The number of ketones is 2. The van der Waals surface area contributed by atoms with Crippen molar-refractivity contribution >= 4 is 41.9 Å². The summed E-state index contributed by atoms with van der Waals surface area (Å²) in [6, 6.07) is 3.60. The topological polar surface area (TPSA) is 175 Å². The van der Waals surface area contributed by atoms with Crippen molar-refractivity contribution in [3.05, 3.63) is 32.5 Å². The van der Waals surface area contributed by atoms with Crippen molar-refractivity contribution < 1.29 is 28.7 Å². The van der Waals surface area contributed by atoms with Crippen LogP contribution in [0.1, 0.15) is 102 Å². The number of rotatable bonds is 17. The molecule has 3 saturated carbocycles. The summed E-state index contributed by atoms with van der Waals surface area (Å²) in [7, 11) is -0.585. The first-order valence-electron chi connectivity index (χ1n) is 16.1. The third-order valence-corrected chi connectivity index (χ3v) is 11.0. The number of Topliss-reactive ketones (excluding diaryl/α,β-unsaturated/α-hetero) is 2. The smallest absolute Gasteiger partial charge is 0.404 e. The maximum atomic E-state index is 13.8. The number of nitrogens with two attached hydrogens (primary N) is 1. The summed E-state index contributed by atoms with van der Waals surface area (Å²) in [5, 5.41) is 14.8. The molecular weight excluding hydrogens is 597 g/mol. The van der Waals surface area contributed by atoms with E-state index in [4.69, 9.17) is 15.0 Å². The molecule has 0 radical (unpaired) electrons. The normalized spacial score (nSPS) is 26.5. The van der Waals surface area contributed by atoms with E-state index < -0.39 is 23.7 Å². The number of amides is 1. The minimum atomic E-state index is -0.792. The zero-order valence-electron chi connectivity index (χ0n) is 27.1. The molecule has 2 heterocycles. The lowest BCUT2D eigenvalue weighted by atomic mass is 9.43. The second-order valence-corrected chi connectivity index (χ2v) is 15.0. The Morgan fingerprint density at radius 2 is 1.98 bits per heavy atom. The van der Waals surface area contributed by atoms with Gasteiger partial charge in [-0.15, -0.1) is 11.3 Å². The highest BCUT2D eigenvalue weighted by Crippen LogP contribution is 2.65. The number of nitrogens with one attached hydrogen (secondary N) is 2. The monoisotopic (exact) mass is 645 g/mol. The van der Waals surface area contributed by atoms with Crippen LogP contribution in [0.2, 0.25) is 0 Å². The summed E-state index contributed by atoms with van der Waals surface area (Å²) in [5.41, 5.74) is 7.12. The summed E-state index contributed by atoms with van der Waals surface area (Å²) in [5.74, 6) is -0.452. The second kappa shape index (κ2) is 14.7. The molecule has 0 unspecified atom stereocenters. The minimum Gasteiger partial charge on any atom is -0.404 e. The number of carbonyl (C=O) groups is 3. The van der Waals surface area contributed by atoms with Crippen LogP contribution in [0, 0.1) is 39.2 Å². The molecule has 0 aromatic carbocycles. The van der Waals surface area contributed by atoms with Crippen molar-refractivity contribution in [2.75, 3.05) is 6.54 Å². The highest BCUT2D eigenvalue weighted by atomic mass is 32.1. The number of hydrazine groups is 1. The highest BCUT2D eigenvalue weighted by molar-refractivity contribution is 7.12. The molecule has 3 aliphatic carbocycles. The van der Waals surface area contributed by atoms with Gasteiger partial charge in [-0.2, -0.15) is 0 Å². The van der Waals surface area contributed by atoms with Crippen molar-refractivity contribution in [3.63, 3.8) is 0 Å². The van der Waals surface area contributed by atoms with E-state index in [0.717, 1.165) is 12.8 Å². The van der Waals surface area contributed by atoms with Crippen molar-refractivity contribution in [2.45, 2.75) is 110 Å². The molecule has 45 heavy (non-hydrogen) atoms. The van der Waals surface area contributed by atoms with E-state index in [1.54, 1.807) is 11.5 Å². The number of hydrogen-bond acceptors (Lipinski definition) is 9. The predicted octanol–water partition coefficient (Wildman–Crippen LogP) is 4.35. The van der Waals surface area contributed by atoms with E-state index in [-0.39, 0.29) is 72.6 Å². The molecule has 1 amide bonds. The van der Waals surface area contributed by atoms with Gasteiger partial charge in [-0.3, -0.25) is 14.4 Å². The van der Waals surface area contributed by atoms with Crippen molar-refractivity contribution in [1.29, 1.82) is 0 Å². The molecule has 1 aromatic rings. The Hall–Kier alpha value is -2.84. The van der Waals surface area contributed by atoms with Crippen LogP contribution in [-0.4, -0.2) is 59.8 Å². The van der Waals surface area contributed by atoms with Crippen LogP contribution in [0.5, 0.6) is 0 Å². The van der Waals surface area contributed by atoms with Crippen molar-refractivity contribution in [1.82, 2.24) is 10.7 Å². The van der Waals surface area contributed by atoms with E-state index >= 15 is 0 Å². The van der Waals surface area contributed by atoms with E-state index in [1.165, 1.54) is 11.3 Å². The Kier molecular flexibility index (Phi) is 11.5. The Morgan fingerprint density at radius 1 is 1.22 bits per heavy atom. The van der Waals surface area contributed by atoms with Crippen LogP contribution in [-0.2, 0) is 18.9 Å². The summed E-state index contributed by atoms with van der Waals surface area (Å²) >= 11 is 1.38. The summed E-state index contributed by atoms with van der Waals surface area (Å²) < 4.78 is 13.2. The van der Waals surface area contributed by atoms with Crippen LogP contribution in [0.15, 0.2) is 22.5 Å². The second-order valence-electron chi connectivity index (χ2n) is 14.1. The molecule has 1 saturated heterocycles. The summed E-state index contributed by atoms with van der Waals surface area (Å²) in [6.45, 7) is 11.1. The number of nitrogens with zero attached hydrogens (tertiary/aromatic N) is 2. The van der Waals surface area contributed by atoms with Gasteiger partial charge >= 0.3 is 7.12 Å². The number of hydrogen-bond donors (Lipinski definition) is 3. The summed E-state index contributed by atoms with van der Waals surface area (Å²) in [4.78, 5) is 54.5. The van der Waals surface area contributed by atoms with E-state index in [1.807, 2.05) is 11.4 Å². The van der Waals surface area contributed by atoms with E-state index in [0.29, 0.717) is 42.4 Å². The average molecular weight is 646 g/mol. The quantitative estimate of drug-likeness (QED) is 0.0423. The average Bonchev–Trinajstić information content (AvgIpc) is 3.61. The largest absolute Gasteiger partial charge is 0.481 e. The molecule has 5 rings (SSSR count). The molecule has 4 N–H and O–H groups in total. The van der Waals surface area contributed by atoms with Gasteiger partial charge in [-0.1, -0.05) is 39.2 Å². The fraction of sp³-hybridized carbons (Fsp3) is 0.742. The van der Waals surface area contributed by atoms with Gasteiger partial charge in [-0.25, -0.2) is 15.1 Å². The Balaban J connectivity index is 1.40. The Morgan fingerprint density at radius 3 is 2.62 bits per heavy atom. The summed E-state index contributed by atoms with van der Waals surface area (Å²) in [6.07, 6.45) is 4.33.